The number of rotatable bonds is 11. The van der Waals surface area contributed by atoms with Crippen molar-refractivity contribution in [2.45, 2.75) is 13.3 Å². The molecule has 98 valence electrons. The van der Waals surface area contributed by atoms with Gasteiger partial charge in [-0.05, 0) is 6.42 Å². The van der Waals surface area contributed by atoms with E-state index in [0.29, 0.717) is 30.7 Å². The Kier molecular flexibility index (Phi) is 9.86. The van der Waals surface area contributed by atoms with Gasteiger partial charge in [-0.25, -0.2) is 0 Å². The van der Waals surface area contributed by atoms with E-state index in [1.54, 1.807) is 0 Å². The van der Waals surface area contributed by atoms with Gasteiger partial charge in [-0.2, -0.15) is 0 Å². The molecule has 5 nitrogen and oxygen atoms in total. The maximum Gasteiger partial charge on any atom is 0.103 e. The highest BCUT2D eigenvalue weighted by Gasteiger charge is 2.25. The summed E-state index contributed by atoms with van der Waals surface area (Å²) in [6, 6.07) is 0. The molecule has 0 spiro atoms. The van der Waals surface area contributed by atoms with E-state index in [9.17, 15) is 0 Å². The molecule has 0 bridgehead atoms. The van der Waals surface area contributed by atoms with Gasteiger partial charge in [-0.3, -0.25) is 0 Å². The fraction of sp³-hybridized carbons (Fsp3) is 1.00. The van der Waals surface area contributed by atoms with Crippen molar-refractivity contribution in [3.8, 4) is 0 Å². The normalized spacial score (nSPS) is 12.0. The summed E-state index contributed by atoms with van der Waals surface area (Å²) in [6.45, 7) is 5.96. The number of aliphatic hydroxyl groups is 3. The van der Waals surface area contributed by atoms with E-state index >= 15 is 0 Å². The van der Waals surface area contributed by atoms with Gasteiger partial charge in [0.2, 0.25) is 0 Å². The fourth-order valence-electron chi connectivity index (χ4n) is 1.81. The molecular weight excluding hydrogens is 210 g/mol. The van der Waals surface area contributed by atoms with Crippen LogP contribution in [-0.2, 0) is 4.74 Å². The molecule has 0 aromatic carbocycles. The highest BCUT2D eigenvalue weighted by Crippen LogP contribution is 2.05. The minimum Gasteiger partial charge on any atom is -0.391 e. The van der Waals surface area contributed by atoms with Crippen LogP contribution in [0.2, 0.25) is 0 Å². The molecule has 3 N–H and O–H groups in total. The minimum atomic E-state index is 0.0633. The molecular formula is C11H26NO4+. The van der Waals surface area contributed by atoms with Crippen LogP contribution in [0.3, 0.4) is 0 Å². The van der Waals surface area contributed by atoms with Crippen molar-refractivity contribution >= 4 is 0 Å². The molecule has 0 saturated carbocycles. The van der Waals surface area contributed by atoms with E-state index in [1.165, 1.54) is 0 Å². The molecule has 5 heteroatoms. The summed E-state index contributed by atoms with van der Waals surface area (Å²) >= 11 is 0. The first kappa shape index (κ1) is 15.8. The predicted molar refractivity (Wildman–Crippen MR) is 62.1 cm³/mol. The number of hydrogen-bond acceptors (Lipinski definition) is 4. The zero-order chi connectivity index (χ0) is 12.3. The highest BCUT2D eigenvalue weighted by molar-refractivity contribution is 4.45. The van der Waals surface area contributed by atoms with Crippen molar-refractivity contribution in [3.63, 3.8) is 0 Å². The van der Waals surface area contributed by atoms with Gasteiger partial charge < -0.3 is 24.5 Å². The van der Waals surface area contributed by atoms with Gasteiger partial charge in [-0.15, -0.1) is 0 Å². The van der Waals surface area contributed by atoms with Crippen LogP contribution < -0.4 is 0 Å². The fourth-order valence-corrected chi connectivity index (χ4v) is 1.81. The molecule has 0 aromatic rings. The smallest absolute Gasteiger partial charge is 0.103 e. The van der Waals surface area contributed by atoms with Crippen LogP contribution in [-0.4, -0.2) is 79.0 Å². The zero-order valence-corrected chi connectivity index (χ0v) is 10.3. The van der Waals surface area contributed by atoms with Crippen LogP contribution in [0, 0.1) is 0 Å². The molecule has 0 unspecified atom stereocenters. The summed E-state index contributed by atoms with van der Waals surface area (Å²) in [7, 11) is 0. The Labute approximate surface area is 97.9 Å². The van der Waals surface area contributed by atoms with E-state index in [2.05, 4.69) is 6.92 Å². The summed E-state index contributed by atoms with van der Waals surface area (Å²) in [5.41, 5.74) is 0. The number of nitrogens with zero attached hydrogens (tertiary/aromatic N) is 1. The van der Waals surface area contributed by atoms with E-state index in [-0.39, 0.29) is 19.8 Å². The summed E-state index contributed by atoms with van der Waals surface area (Å²) in [5, 5.41) is 27.1. The lowest BCUT2D eigenvalue weighted by atomic mass is 10.3. The van der Waals surface area contributed by atoms with Crippen LogP contribution in [0.15, 0.2) is 0 Å². The van der Waals surface area contributed by atoms with E-state index in [4.69, 9.17) is 20.1 Å². The number of hydrogen-bond donors (Lipinski definition) is 3. The summed E-state index contributed by atoms with van der Waals surface area (Å²) in [4.78, 5) is 0. The van der Waals surface area contributed by atoms with Gasteiger partial charge in [0.25, 0.3) is 0 Å². The molecule has 0 aliphatic rings. The van der Waals surface area contributed by atoms with Crippen LogP contribution in [0.1, 0.15) is 13.3 Å². The molecule has 0 atom stereocenters. The largest absolute Gasteiger partial charge is 0.391 e. The quantitative estimate of drug-likeness (QED) is 0.325. The number of ether oxygens (including phenoxy) is 1. The Hall–Kier alpha value is -0.200. The Morgan fingerprint density at radius 1 is 0.812 bits per heavy atom. The van der Waals surface area contributed by atoms with Gasteiger partial charge in [0, 0.05) is 6.61 Å². The Morgan fingerprint density at radius 3 is 1.69 bits per heavy atom. The molecule has 0 aliphatic heterocycles. The van der Waals surface area contributed by atoms with Crippen molar-refractivity contribution in [1.29, 1.82) is 0 Å². The average molecular weight is 236 g/mol. The van der Waals surface area contributed by atoms with Crippen LogP contribution in [0.4, 0.5) is 0 Å². The molecule has 0 radical (unpaired) electrons. The van der Waals surface area contributed by atoms with Gasteiger partial charge >= 0.3 is 0 Å². The maximum atomic E-state index is 9.04. The molecule has 0 aromatic heterocycles. The lowest BCUT2D eigenvalue weighted by molar-refractivity contribution is -0.929. The average Bonchev–Trinajstić information content (AvgIpc) is 2.26. The standard InChI is InChI=1S/C11H26NO4/c1-2-10-16-11-6-12(3-7-13,4-8-14)5-9-15/h13-15H,2-11H2,1H3/q+1. The first-order chi connectivity index (χ1) is 7.74. The third kappa shape index (κ3) is 6.40. The van der Waals surface area contributed by atoms with Gasteiger partial charge in [0.05, 0.1) is 26.4 Å². The SMILES string of the molecule is CCCOCC[N+](CCO)(CCO)CCO. The maximum absolute atomic E-state index is 9.04. The van der Waals surface area contributed by atoms with Crippen LogP contribution in [0.25, 0.3) is 0 Å². The third-order valence-electron chi connectivity index (χ3n) is 2.78. The van der Waals surface area contributed by atoms with Crippen molar-refractivity contribution in [3.05, 3.63) is 0 Å². The van der Waals surface area contributed by atoms with Crippen LogP contribution in [0.5, 0.6) is 0 Å². The second kappa shape index (κ2) is 9.99. The van der Waals surface area contributed by atoms with E-state index in [1.807, 2.05) is 0 Å². The van der Waals surface area contributed by atoms with E-state index in [0.717, 1.165) is 19.6 Å². The van der Waals surface area contributed by atoms with Gasteiger partial charge in [-0.1, -0.05) is 6.92 Å². The summed E-state index contributed by atoms with van der Waals surface area (Å²) in [5.74, 6) is 0. The minimum absolute atomic E-state index is 0.0633. The Morgan fingerprint density at radius 2 is 1.31 bits per heavy atom. The molecule has 0 fully saturated rings. The lowest BCUT2D eigenvalue weighted by Gasteiger charge is -2.37. The lowest BCUT2D eigenvalue weighted by Crippen LogP contribution is -2.55. The van der Waals surface area contributed by atoms with Crippen molar-refractivity contribution in [2.75, 3.05) is 59.2 Å². The topological polar surface area (TPSA) is 69.9 Å². The molecule has 0 rings (SSSR count). The first-order valence-electron chi connectivity index (χ1n) is 6.00. The molecule has 0 heterocycles. The van der Waals surface area contributed by atoms with Crippen molar-refractivity contribution in [1.82, 2.24) is 0 Å². The third-order valence-corrected chi connectivity index (χ3v) is 2.78. The van der Waals surface area contributed by atoms with Crippen molar-refractivity contribution in [2.24, 2.45) is 0 Å². The Balaban J connectivity index is 4.12. The first-order valence-corrected chi connectivity index (χ1v) is 6.00. The monoisotopic (exact) mass is 236 g/mol. The second-order valence-corrected chi connectivity index (χ2v) is 4.02. The van der Waals surface area contributed by atoms with Crippen molar-refractivity contribution < 1.29 is 24.5 Å². The zero-order valence-electron chi connectivity index (χ0n) is 10.3. The van der Waals surface area contributed by atoms with Gasteiger partial charge in [0.1, 0.15) is 26.2 Å². The predicted octanol–water partition coefficient (Wildman–Crippen LogP) is -0.793. The summed E-state index contributed by atoms with van der Waals surface area (Å²) < 4.78 is 5.94. The molecule has 0 aliphatic carbocycles. The number of aliphatic hydroxyl groups excluding tert-OH is 3. The van der Waals surface area contributed by atoms with Crippen LogP contribution >= 0.6 is 0 Å². The highest BCUT2D eigenvalue weighted by atomic mass is 16.5. The molecule has 0 saturated heterocycles. The molecule has 0 amide bonds. The van der Waals surface area contributed by atoms with E-state index < -0.39 is 0 Å². The summed E-state index contributed by atoms with van der Waals surface area (Å²) in [6.07, 6.45) is 0.986. The molecule has 16 heavy (non-hydrogen) atoms. The second-order valence-electron chi connectivity index (χ2n) is 4.02. The van der Waals surface area contributed by atoms with Gasteiger partial charge in [0.15, 0.2) is 0 Å². The number of quaternary nitrogens is 1. The Bertz CT molecular complexity index is 138.